The Hall–Kier alpha value is -0.370. The largest absolute Gasteiger partial charge is 0.393 e. The van der Waals surface area contributed by atoms with Crippen LogP contribution in [-0.2, 0) is 4.79 Å². The van der Waals surface area contributed by atoms with E-state index in [2.05, 4.69) is 6.92 Å². The van der Waals surface area contributed by atoms with Crippen LogP contribution in [0.4, 0.5) is 0 Å². The van der Waals surface area contributed by atoms with Gasteiger partial charge in [-0.2, -0.15) is 0 Å². The number of Topliss-reactive ketones (excluding diaryl/α,β-unsaturated/α-hetero) is 1. The molecule has 2 aliphatic rings. The lowest BCUT2D eigenvalue weighted by Crippen LogP contribution is -2.48. The first kappa shape index (κ1) is 9.20. The first-order valence-electron chi connectivity index (χ1n) is 5.22. The summed E-state index contributed by atoms with van der Waals surface area (Å²) in [6.45, 7) is 4.13. The van der Waals surface area contributed by atoms with E-state index in [4.69, 9.17) is 0 Å². The Kier molecular flexibility index (Phi) is 1.82. The SMILES string of the molecule is C[C@@]12CCC(=O)[C@@]1(C)CCC[C@@H]2O. The van der Waals surface area contributed by atoms with Crippen molar-refractivity contribution in [3.05, 3.63) is 0 Å². The molecule has 0 aromatic heterocycles. The average Bonchev–Trinajstić information content (AvgIpc) is 2.31. The Morgan fingerprint density at radius 3 is 2.69 bits per heavy atom. The number of carbonyl (C=O) groups is 1. The van der Waals surface area contributed by atoms with Crippen molar-refractivity contribution in [1.29, 1.82) is 0 Å². The number of ketones is 1. The smallest absolute Gasteiger partial charge is 0.139 e. The summed E-state index contributed by atoms with van der Waals surface area (Å²) in [4.78, 5) is 11.8. The Bertz CT molecular complexity index is 248. The Labute approximate surface area is 79.3 Å². The average molecular weight is 182 g/mol. The molecular formula is C11H18O2. The van der Waals surface area contributed by atoms with Crippen molar-refractivity contribution >= 4 is 5.78 Å². The summed E-state index contributed by atoms with van der Waals surface area (Å²) in [6.07, 6.45) is 4.13. The summed E-state index contributed by atoms with van der Waals surface area (Å²) in [6, 6.07) is 0. The van der Waals surface area contributed by atoms with Gasteiger partial charge in [-0.3, -0.25) is 4.79 Å². The summed E-state index contributed by atoms with van der Waals surface area (Å²) < 4.78 is 0. The lowest BCUT2D eigenvalue weighted by molar-refractivity contribution is -0.138. The number of aliphatic hydroxyl groups excluding tert-OH is 1. The molecule has 0 aliphatic heterocycles. The van der Waals surface area contributed by atoms with E-state index in [1.807, 2.05) is 6.92 Å². The van der Waals surface area contributed by atoms with Gasteiger partial charge in [-0.15, -0.1) is 0 Å². The van der Waals surface area contributed by atoms with E-state index in [1.54, 1.807) is 0 Å². The maximum atomic E-state index is 11.8. The van der Waals surface area contributed by atoms with Crippen LogP contribution in [0.25, 0.3) is 0 Å². The molecule has 0 spiro atoms. The fourth-order valence-corrected chi connectivity index (χ4v) is 3.17. The van der Waals surface area contributed by atoms with Crippen molar-refractivity contribution in [3.63, 3.8) is 0 Å². The Morgan fingerprint density at radius 2 is 2.08 bits per heavy atom. The van der Waals surface area contributed by atoms with Gasteiger partial charge in [0, 0.05) is 17.3 Å². The number of fused-ring (bicyclic) bond motifs is 1. The van der Waals surface area contributed by atoms with E-state index in [9.17, 15) is 9.90 Å². The molecule has 74 valence electrons. The molecule has 3 atom stereocenters. The van der Waals surface area contributed by atoms with E-state index in [0.717, 1.165) is 25.7 Å². The molecule has 0 aromatic carbocycles. The summed E-state index contributed by atoms with van der Waals surface area (Å²) in [7, 11) is 0. The van der Waals surface area contributed by atoms with Crippen LogP contribution in [0.2, 0.25) is 0 Å². The maximum Gasteiger partial charge on any atom is 0.139 e. The highest BCUT2D eigenvalue weighted by Crippen LogP contribution is 2.58. The van der Waals surface area contributed by atoms with Crippen molar-refractivity contribution in [3.8, 4) is 0 Å². The molecule has 1 N–H and O–H groups in total. The minimum atomic E-state index is -0.266. The molecule has 13 heavy (non-hydrogen) atoms. The topological polar surface area (TPSA) is 37.3 Å². The lowest BCUT2D eigenvalue weighted by atomic mass is 9.58. The van der Waals surface area contributed by atoms with Crippen LogP contribution in [-0.4, -0.2) is 17.0 Å². The van der Waals surface area contributed by atoms with Crippen LogP contribution in [0.1, 0.15) is 46.0 Å². The molecule has 0 heterocycles. The second-order valence-corrected chi connectivity index (χ2v) is 5.08. The second-order valence-electron chi connectivity index (χ2n) is 5.08. The molecular weight excluding hydrogens is 164 g/mol. The van der Waals surface area contributed by atoms with Crippen LogP contribution in [0, 0.1) is 10.8 Å². The highest BCUT2D eigenvalue weighted by Gasteiger charge is 2.58. The van der Waals surface area contributed by atoms with Gasteiger partial charge in [0.25, 0.3) is 0 Å². The normalized spacial score (nSPS) is 50.7. The number of rotatable bonds is 0. The third-order valence-electron chi connectivity index (χ3n) is 4.64. The zero-order valence-electron chi connectivity index (χ0n) is 8.47. The van der Waals surface area contributed by atoms with Gasteiger partial charge in [-0.05, 0) is 25.7 Å². The molecule has 0 amide bonds. The van der Waals surface area contributed by atoms with Gasteiger partial charge in [0.15, 0.2) is 0 Å². The fraction of sp³-hybridized carbons (Fsp3) is 0.909. The molecule has 0 radical (unpaired) electrons. The summed E-state index contributed by atoms with van der Waals surface area (Å²) >= 11 is 0. The zero-order chi connectivity index (χ0) is 9.69. The highest BCUT2D eigenvalue weighted by molar-refractivity contribution is 5.88. The monoisotopic (exact) mass is 182 g/mol. The first-order chi connectivity index (χ1) is 6.01. The quantitative estimate of drug-likeness (QED) is 0.621. The molecule has 0 saturated heterocycles. The van der Waals surface area contributed by atoms with Gasteiger partial charge in [-0.1, -0.05) is 13.8 Å². The van der Waals surface area contributed by atoms with Crippen molar-refractivity contribution in [1.82, 2.24) is 0 Å². The number of hydrogen-bond donors (Lipinski definition) is 1. The summed E-state index contributed by atoms with van der Waals surface area (Å²) in [5.74, 6) is 0.369. The molecule has 2 heteroatoms. The van der Waals surface area contributed by atoms with E-state index < -0.39 is 0 Å². The predicted octanol–water partition coefficient (Wildman–Crippen LogP) is 1.91. The molecule has 2 aliphatic carbocycles. The van der Waals surface area contributed by atoms with Crippen molar-refractivity contribution in [2.24, 2.45) is 10.8 Å². The molecule has 2 fully saturated rings. The van der Waals surface area contributed by atoms with Gasteiger partial charge in [0.1, 0.15) is 5.78 Å². The lowest BCUT2D eigenvalue weighted by Gasteiger charge is -2.47. The van der Waals surface area contributed by atoms with E-state index in [1.165, 1.54) is 0 Å². The van der Waals surface area contributed by atoms with Crippen LogP contribution >= 0.6 is 0 Å². The van der Waals surface area contributed by atoms with E-state index in [0.29, 0.717) is 12.2 Å². The Balaban J connectivity index is 2.40. The van der Waals surface area contributed by atoms with E-state index in [-0.39, 0.29) is 16.9 Å². The third kappa shape index (κ3) is 0.954. The van der Waals surface area contributed by atoms with Gasteiger partial charge < -0.3 is 5.11 Å². The number of carbonyl (C=O) groups excluding carboxylic acids is 1. The van der Waals surface area contributed by atoms with Crippen molar-refractivity contribution in [2.75, 3.05) is 0 Å². The Morgan fingerprint density at radius 1 is 1.38 bits per heavy atom. The zero-order valence-corrected chi connectivity index (χ0v) is 8.47. The summed E-state index contributed by atoms with van der Waals surface area (Å²) in [5, 5.41) is 9.97. The molecule has 2 nitrogen and oxygen atoms in total. The standard InChI is InChI=1S/C11H18O2/c1-10-6-3-4-8(12)11(10,2)7-5-9(10)13/h8,12H,3-7H2,1-2H3/t8-,10+,11-/m0/s1. The molecule has 0 aromatic rings. The number of aliphatic hydroxyl groups is 1. The molecule has 2 saturated carbocycles. The fourth-order valence-electron chi connectivity index (χ4n) is 3.17. The molecule has 2 rings (SSSR count). The minimum Gasteiger partial charge on any atom is -0.393 e. The van der Waals surface area contributed by atoms with E-state index >= 15 is 0 Å². The first-order valence-corrected chi connectivity index (χ1v) is 5.22. The van der Waals surface area contributed by atoms with Gasteiger partial charge in [0.05, 0.1) is 6.10 Å². The van der Waals surface area contributed by atoms with Crippen LogP contribution in [0.3, 0.4) is 0 Å². The van der Waals surface area contributed by atoms with Gasteiger partial charge in [0.2, 0.25) is 0 Å². The van der Waals surface area contributed by atoms with Crippen LogP contribution in [0.15, 0.2) is 0 Å². The van der Waals surface area contributed by atoms with Crippen LogP contribution in [0.5, 0.6) is 0 Å². The van der Waals surface area contributed by atoms with Crippen molar-refractivity contribution < 1.29 is 9.90 Å². The van der Waals surface area contributed by atoms with Gasteiger partial charge in [-0.25, -0.2) is 0 Å². The van der Waals surface area contributed by atoms with Gasteiger partial charge >= 0.3 is 0 Å². The third-order valence-corrected chi connectivity index (χ3v) is 4.64. The minimum absolute atomic E-state index is 0.137. The maximum absolute atomic E-state index is 11.8. The molecule has 0 bridgehead atoms. The van der Waals surface area contributed by atoms with Crippen LogP contribution < -0.4 is 0 Å². The number of hydrogen-bond acceptors (Lipinski definition) is 2. The second kappa shape index (κ2) is 2.57. The highest BCUT2D eigenvalue weighted by atomic mass is 16.3. The van der Waals surface area contributed by atoms with Crippen molar-refractivity contribution in [2.45, 2.75) is 52.1 Å². The summed E-state index contributed by atoms with van der Waals surface area (Å²) in [5.41, 5.74) is -0.368. The predicted molar refractivity (Wildman–Crippen MR) is 50.3 cm³/mol. The molecule has 0 unspecified atom stereocenters.